The van der Waals surface area contributed by atoms with Gasteiger partial charge >= 0.3 is 0 Å². The molecule has 0 heterocycles. The topological polar surface area (TPSA) is 72.2 Å². The molecule has 0 fully saturated rings. The summed E-state index contributed by atoms with van der Waals surface area (Å²) in [5.74, 6) is -0.486. The Morgan fingerprint density at radius 3 is 2.82 bits per heavy atom. The van der Waals surface area contributed by atoms with E-state index in [9.17, 15) is 14.9 Å². The molecule has 5 nitrogen and oxygen atoms in total. The van der Waals surface area contributed by atoms with Gasteiger partial charge in [-0.3, -0.25) is 14.9 Å². The Labute approximate surface area is 111 Å². The van der Waals surface area contributed by atoms with Crippen LogP contribution >= 0.6 is 27.5 Å². The highest BCUT2D eigenvalue weighted by Gasteiger charge is 2.19. The maximum absolute atomic E-state index is 11.7. The molecule has 0 saturated carbocycles. The number of carbonyl (C=O) groups excluding carboxylic acids is 1. The van der Waals surface area contributed by atoms with Crippen LogP contribution in [0.4, 0.5) is 5.69 Å². The number of nitro groups is 1. The predicted molar refractivity (Wildman–Crippen MR) is 68.9 cm³/mol. The normalized spacial score (nSPS) is 10.0. The van der Waals surface area contributed by atoms with Gasteiger partial charge in [0.05, 0.1) is 4.92 Å². The number of hydrogen-bond donors (Lipinski definition) is 1. The fourth-order valence-corrected chi connectivity index (χ4v) is 1.67. The Bertz CT molecular complexity index is 440. The molecule has 7 heteroatoms. The quantitative estimate of drug-likeness (QED) is 0.392. The van der Waals surface area contributed by atoms with Gasteiger partial charge in [-0.25, -0.2) is 0 Å². The van der Waals surface area contributed by atoms with E-state index in [0.717, 1.165) is 11.8 Å². The van der Waals surface area contributed by atoms with Crippen molar-refractivity contribution in [2.45, 2.75) is 6.42 Å². The van der Waals surface area contributed by atoms with E-state index in [2.05, 4.69) is 21.2 Å². The number of benzene rings is 1. The zero-order chi connectivity index (χ0) is 12.8. The first-order valence-electron chi connectivity index (χ1n) is 4.84. The Morgan fingerprint density at radius 1 is 1.53 bits per heavy atom. The molecule has 0 aliphatic rings. The van der Waals surface area contributed by atoms with E-state index in [1.54, 1.807) is 0 Å². The fourth-order valence-electron chi connectivity index (χ4n) is 1.21. The molecule has 0 aromatic heterocycles. The summed E-state index contributed by atoms with van der Waals surface area (Å²) in [6, 6.07) is 3.90. The average Bonchev–Trinajstić information content (AvgIpc) is 2.28. The lowest BCUT2D eigenvalue weighted by molar-refractivity contribution is -0.385. The van der Waals surface area contributed by atoms with Crippen molar-refractivity contribution in [3.8, 4) is 0 Å². The highest BCUT2D eigenvalue weighted by atomic mass is 79.9. The maximum atomic E-state index is 11.7. The third-order valence-electron chi connectivity index (χ3n) is 2.00. The molecule has 1 N–H and O–H groups in total. The second kappa shape index (κ2) is 6.56. The largest absolute Gasteiger partial charge is 0.352 e. The molecule has 0 unspecified atom stereocenters. The van der Waals surface area contributed by atoms with Crippen LogP contribution in [0.25, 0.3) is 0 Å². The molecular formula is C10H10BrClN2O3. The lowest BCUT2D eigenvalue weighted by Crippen LogP contribution is -2.25. The van der Waals surface area contributed by atoms with Gasteiger partial charge in [-0.05, 0) is 18.6 Å². The van der Waals surface area contributed by atoms with Crippen LogP contribution in [0.1, 0.15) is 16.8 Å². The molecule has 1 aromatic rings. The van der Waals surface area contributed by atoms with Crippen molar-refractivity contribution in [2.24, 2.45) is 0 Å². The molecule has 0 aliphatic carbocycles. The molecule has 0 atom stereocenters. The third-order valence-corrected chi connectivity index (χ3v) is 2.79. The summed E-state index contributed by atoms with van der Waals surface area (Å²) >= 11 is 8.94. The van der Waals surface area contributed by atoms with Crippen LogP contribution in [-0.2, 0) is 0 Å². The predicted octanol–water partition coefficient (Wildman–Crippen LogP) is 2.76. The van der Waals surface area contributed by atoms with E-state index < -0.39 is 10.8 Å². The van der Waals surface area contributed by atoms with E-state index >= 15 is 0 Å². The average molecular weight is 322 g/mol. The monoisotopic (exact) mass is 320 g/mol. The molecule has 1 aromatic carbocycles. The standard InChI is InChI=1S/C10H10BrClN2O3/c11-4-1-5-13-10(15)8-6-7(12)2-3-9(8)14(16)17/h2-3,6H,1,4-5H2,(H,13,15). The minimum absolute atomic E-state index is 0.0166. The summed E-state index contributed by atoms with van der Waals surface area (Å²) in [5, 5.41) is 14.4. The number of halogens is 2. The second-order valence-corrected chi connectivity index (χ2v) is 4.45. The number of nitro benzene ring substituents is 1. The van der Waals surface area contributed by atoms with Crippen molar-refractivity contribution >= 4 is 39.1 Å². The van der Waals surface area contributed by atoms with Gasteiger partial charge in [-0.15, -0.1) is 0 Å². The number of rotatable bonds is 5. The number of nitrogens with one attached hydrogen (secondary N) is 1. The molecule has 0 saturated heterocycles. The van der Waals surface area contributed by atoms with Gasteiger partial charge in [0.15, 0.2) is 0 Å². The van der Waals surface area contributed by atoms with E-state index in [0.29, 0.717) is 11.6 Å². The summed E-state index contributed by atoms with van der Waals surface area (Å²) in [7, 11) is 0. The van der Waals surface area contributed by atoms with Crippen molar-refractivity contribution in [3.63, 3.8) is 0 Å². The summed E-state index contributed by atoms with van der Waals surface area (Å²) in [4.78, 5) is 21.8. The summed E-state index contributed by atoms with van der Waals surface area (Å²) in [5.41, 5.74) is -0.261. The summed E-state index contributed by atoms with van der Waals surface area (Å²) in [6.45, 7) is 0.452. The van der Waals surface area contributed by atoms with Crippen LogP contribution in [0.3, 0.4) is 0 Å². The zero-order valence-electron chi connectivity index (χ0n) is 8.78. The molecule has 0 spiro atoms. The first kappa shape index (κ1) is 13.9. The van der Waals surface area contributed by atoms with Crippen LogP contribution in [0.2, 0.25) is 5.02 Å². The smallest absolute Gasteiger partial charge is 0.282 e. The molecule has 92 valence electrons. The lowest BCUT2D eigenvalue weighted by atomic mass is 10.1. The summed E-state index contributed by atoms with van der Waals surface area (Å²) in [6.07, 6.45) is 0.750. The van der Waals surface area contributed by atoms with Gasteiger partial charge < -0.3 is 5.32 Å². The maximum Gasteiger partial charge on any atom is 0.282 e. The first-order chi connectivity index (χ1) is 8.06. The van der Waals surface area contributed by atoms with E-state index in [4.69, 9.17) is 11.6 Å². The Kier molecular flexibility index (Phi) is 5.37. The Balaban J connectivity index is 2.90. The van der Waals surface area contributed by atoms with E-state index in [1.807, 2.05) is 0 Å². The number of hydrogen-bond acceptors (Lipinski definition) is 3. The number of nitrogens with zero attached hydrogens (tertiary/aromatic N) is 1. The van der Waals surface area contributed by atoms with E-state index in [1.165, 1.54) is 18.2 Å². The van der Waals surface area contributed by atoms with Gasteiger partial charge in [0.2, 0.25) is 0 Å². The van der Waals surface area contributed by atoms with Gasteiger partial charge in [0.25, 0.3) is 11.6 Å². The molecule has 0 radical (unpaired) electrons. The number of carbonyl (C=O) groups is 1. The zero-order valence-corrected chi connectivity index (χ0v) is 11.1. The first-order valence-corrected chi connectivity index (χ1v) is 6.34. The molecule has 17 heavy (non-hydrogen) atoms. The van der Waals surface area contributed by atoms with Crippen LogP contribution < -0.4 is 5.32 Å². The van der Waals surface area contributed by atoms with Crippen LogP contribution in [0.15, 0.2) is 18.2 Å². The van der Waals surface area contributed by atoms with Gasteiger partial charge in [0.1, 0.15) is 5.56 Å². The number of alkyl halides is 1. The van der Waals surface area contributed by atoms with Crippen molar-refractivity contribution in [1.29, 1.82) is 0 Å². The Hall–Kier alpha value is -1.14. The van der Waals surface area contributed by atoms with Crippen molar-refractivity contribution in [1.82, 2.24) is 5.32 Å². The Morgan fingerprint density at radius 2 is 2.24 bits per heavy atom. The van der Waals surface area contributed by atoms with Gasteiger partial charge in [-0.2, -0.15) is 0 Å². The lowest BCUT2D eigenvalue weighted by Gasteiger charge is -2.05. The fraction of sp³-hybridized carbons (Fsp3) is 0.300. The van der Waals surface area contributed by atoms with Crippen LogP contribution in [-0.4, -0.2) is 22.7 Å². The molecular weight excluding hydrogens is 311 g/mol. The third kappa shape index (κ3) is 3.98. The van der Waals surface area contributed by atoms with Crippen LogP contribution in [0.5, 0.6) is 0 Å². The minimum Gasteiger partial charge on any atom is -0.352 e. The second-order valence-electron chi connectivity index (χ2n) is 3.22. The molecule has 1 rings (SSSR count). The SMILES string of the molecule is O=C(NCCCBr)c1cc(Cl)ccc1[N+](=O)[O-]. The van der Waals surface area contributed by atoms with Crippen molar-refractivity contribution in [3.05, 3.63) is 38.9 Å². The van der Waals surface area contributed by atoms with E-state index in [-0.39, 0.29) is 11.3 Å². The number of amides is 1. The molecule has 0 bridgehead atoms. The molecule has 0 aliphatic heterocycles. The summed E-state index contributed by atoms with van der Waals surface area (Å²) < 4.78 is 0. The molecule has 1 amide bonds. The highest BCUT2D eigenvalue weighted by Crippen LogP contribution is 2.22. The highest BCUT2D eigenvalue weighted by molar-refractivity contribution is 9.09. The minimum atomic E-state index is -0.601. The van der Waals surface area contributed by atoms with Gasteiger partial charge in [0, 0.05) is 23.0 Å². The van der Waals surface area contributed by atoms with Crippen LogP contribution in [0, 0.1) is 10.1 Å². The van der Waals surface area contributed by atoms with Crippen molar-refractivity contribution < 1.29 is 9.72 Å². The van der Waals surface area contributed by atoms with Gasteiger partial charge in [-0.1, -0.05) is 27.5 Å². The van der Waals surface area contributed by atoms with Crippen molar-refractivity contribution in [2.75, 3.05) is 11.9 Å².